The molecule has 3 aromatic heterocycles. The van der Waals surface area contributed by atoms with Crippen LogP contribution in [0.1, 0.15) is 12.6 Å². The molecule has 3 rings (SSSR count). The molecule has 0 radical (unpaired) electrons. The fourth-order valence-electron chi connectivity index (χ4n) is 2.01. The van der Waals surface area contributed by atoms with E-state index in [0.29, 0.717) is 17.3 Å². The van der Waals surface area contributed by atoms with E-state index in [0.717, 1.165) is 16.9 Å². The molecule has 7 nitrogen and oxygen atoms in total. The molecule has 0 aliphatic carbocycles. The Balaban J connectivity index is 2.03. The Bertz CT molecular complexity index is 839. The van der Waals surface area contributed by atoms with Crippen molar-refractivity contribution in [2.24, 2.45) is 0 Å². The monoisotopic (exact) mass is 282 g/mol. The summed E-state index contributed by atoms with van der Waals surface area (Å²) in [6, 6.07) is 3.76. The first-order chi connectivity index (χ1) is 10.0. The first kappa shape index (κ1) is 13.0. The van der Waals surface area contributed by atoms with Crippen molar-refractivity contribution in [1.82, 2.24) is 19.4 Å². The van der Waals surface area contributed by atoms with E-state index in [1.54, 1.807) is 12.4 Å². The highest BCUT2D eigenvalue weighted by atomic mass is 16.1. The van der Waals surface area contributed by atoms with Crippen LogP contribution < -0.4 is 11.1 Å². The SMILES string of the molecule is CC(=O)Nc1cn2cc(-c3cnc(N)c(C)n3)ccc2n1. The summed E-state index contributed by atoms with van der Waals surface area (Å²) in [6.07, 6.45) is 5.26. The quantitative estimate of drug-likeness (QED) is 0.744. The summed E-state index contributed by atoms with van der Waals surface area (Å²) in [5.41, 5.74) is 8.74. The minimum Gasteiger partial charge on any atom is -0.382 e. The minimum atomic E-state index is -0.154. The molecule has 0 spiro atoms. The number of carbonyl (C=O) groups excluding carboxylic acids is 1. The number of nitrogen functional groups attached to an aromatic ring is 1. The van der Waals surface area contributed by atoms with Crippen molar-refractivity contribution < 1.29 is 4.79 Å². The Morgan fingerprint density at radius 2 is 2.10 bits per heavy atom. The summed E-state index contributed by atoms with van der Waals surface area (Å²) in [5, 5.41) is 2.65. The Labute approximate surface area is 120 Å². The van der Waals surface area contributed by atoms with Gasteiger partial charge in [-0.2, -0.15) is 0 Å². The van der Waals surface area contributed by atoms with Crippen molar-refractivity contribution in [1.29, 1.82) is 0 Å². The second-order valence-corrected chi connectivity index (χ2v) is 4.72. The largest absolute Gasteiger partial charge is 0.382 e. The smallest absolute Gasteiger partial charge is 0.222 e. The summed E-state index contributed by atoms with van der Waals surface area (Å²) in [4.78, 5) is 23.9. The Morgan fingerprint density at radius 1 is 1.29 bits per heavy atom. The molecule has 0 fully saturated rings. The van der Waals surface area contributed by atoms with E-state index in [1.165, 1.54) is 6.92 Å². The molecule has 3 N–H and O–H groups in total. The van der Waals surface area contributed by atoms with E-state index >= 15 is 0 Å². The van der Waals surface area contributed by atoms with Crippen LogP contribution in [0.15, 0.2) is 30.7 Å². The average molecular weight is 282 g/mol. The van der Waals surface area contributed by atoms with Crippen LogP contribution in [0.4, 0.5) is 11.6 Å². The lowest BCUT2D eigenvalue weighted by molar-refractivity contribution is -0.114. The van der Waals surface area contributed by atoms with E-state index in [2.05, 4.69) is 20.3 Å². The summed E-state index contributed by atoms with van der Waals surface area (Å²) in [5.74, 6) is 0.785. The van der Waals surface area contributed by atoms with Gasteiger partial charge in [0, 0.05) is 18.7 Å². The van der Waals surface area contributed by atoms with Crippen LogP contribution >= 0.6 is 0 Å². The molecule has 0 aromatic carbocycles. The van der Waals surface area contributed by atoms with Gasteiger partial charge in [0.1, 0.15) is 11.5 Å². The maximum Gasteiger partial charge on any atom is 0.222 e. The molecule has 3 heterocycles. The lowest BCUT2D eigenvalue weighted by Crippen LogP contribution is -2.05. The molecular formula is C14H14N6O. The molecule has 0 atom stereocenters. The first-order valence-corrected chi connectivity index (χ1v) is 6.39. The number of nitrogens with zero attached hydrogens (tertiary/aromatic N) is 4. The number of rotatable bonds is 2. The third-order valence-electron chi connectivity index (χ3n) is 3.04. The fourth-order valence-corrected chi connectivity index (χ4v) is 2.01. The number of amides is 1. The number of nitrogens with one attached hydrogen (secondary N) is 1. The van der Waals surface area contributed by atoms with Gasteiger partial charge in [-0.1, -0.05) is 0 Å². The highest BCUT2D eigenvalue weighted by Gasteiger charge is 2.07. The second-order valence-electron chi connectivity index (χ2n) is 4.72. The van der Waals surface area contributed by atoms with Gasteiger partial charge in [-0.05, 0) is 19.1 Å². The number of nitrogens with two attached hydrogens (primary N) is 1. The predicted molar refractivity (Wildman–Crippen MR) is 79.7 cm³/mol. The van der Waals surface area contributed by atoms with Crippen LogP contribution in [-0.2, 0) is 4.79 Å². The molecular weight excluding hydrogens is 268 g/mol. The zero-order valence-corrected chi connectivity index (χ0v) is 11.7. The van der Waals surface area contributed by atoms with Gasteiger partial charge in [0.05, 0.1) is 23.8 Å². The molecule has 0 saturated carbocycles. The van der Waals surface area contributed by atoms with Gasteiger partial charge in [0.2, 0.25) is 5.91 Å². The second kappa shape index (κ2) is 4.86. The van der Waals surface area contributed by atoms with Crippen LogP contribution in [0, 0.1) is 6.92 Å². The summed E-state index contributed by atoms with van der Waals surface area (Å²) in [7, 11) is 0. The van der Waals surface area contributed by atoms with E-state index in [-0.39, 0.29) is 5.91 Å². The third kappa shape index (κ3) is 2.53. The van der Waals surface area contributed by atoms with Crippen molar-refractivity contribution in [2.75, 3.05) is 11.1 Å². The number of pyridine rings is 1. The molecule has 0 aliphatic heterocycles. The maximum atomic E-state index is 11.1. The topological polar surface area (TPSA) is 98.2 Å². The number of hydrogen-bond acceptors (Lipinski definition) is 5. The highest BCUT2D eigenvalue weighted by molar-refractivity contribution is 5.87. The number of aryl methyl sites for hydroxylation is 1. The first-order valence-electron chi connectivity index (χ1n) is 6.39. The molecule has 0 aliphatic rings. The lowest BCUT2D eigenvalue weighted by atomic mass is 10.2. The Hall–Kier alpha value is -2.96. The van der Waals surface area contributed by atoms with Crippen molar-refractivity contribution >= 4 is 23.2 Å². The van der Waals surface area contributed by atoms with Crippen LogP contribution in [0.3, 0.4) is 0 Å². The van der Waals surface area contributed by atoms with Gasteiger partial charge in [0.15, 0.2) is 5.82 Å². The van der Waals surface area contributed by atoms with Gasteiger partial charge >= 0.3 is 0 Å². The van der Waals surface area contributed by atoms with E-state index in [1.807, 2.05) is 29.7 Å². The van der Waals surface area contributed by atoms with Gasteiger partial charge in [-0.3, -0.25) is 4.79 Å². The molecule has 0 saturated heterocycles. The highest BCUT2D eigenvalue weighted by Crippen LogP contribution is 2.20. The standard InChI is InChI=1S/C14H14N6O/c1-8-14(15)16-5-11(17-8)10-3-4-13-19-12(18-9(2)21)7-20(13)6-10/h3-7H,1-2H3,(H2,15,16)(H,18,21). The van der Waals surface area contributed by atoms with Gasteiger partial charge in [0.25, 0.3) is 0 Å². The zero-order valence-electron chi connectivity index (χ0n) is 11.7. The van der Waals surface area contributed by atoms with Crippen molar-refractivity contribution in [2.45, 2.75) is 13.8 Å². The number of carbonyl (C=O) groups is 1. The number of fused-ring (bicyclic) bond motifs is 1. The molecule has 0 bridgehead atoms. The van der Waals surface area contributed by atoms with Crippen LogP contribution in [0.5, 0.6) is 0 Å². The Morgan fingerprint density at radius 3 is 2.81 bits per heavy atom. The summed E-state index contributed by atoms with van der Waals surface area (Å²) < 4.78 is 1.83. The number of aromatic nitrogens is 4. The lowest BCUT2D eigenvalue weighted by Gasteiger charge is -2.04. The summed E-state index contributed by atoms with van der Waals surface area (Å²) >= 11 is 0. The number of anilines is 2. The number of imidazole rings is 1. The van der Waals surface area contributed by atoms with Gasteiger partial charge in [-0.15, -0.1) is 0 Å². The van der Waals surface area contributed by atoms with E-state index in [4.69, 9.17) is 5.73 Å². The van der Waals surface area contributed by atoms with Crippen molar-refractivity contribution in [3.8, 4) is 11.3 Å². The van der Waals surface area contributed by atoms with Crippen molar-refractivity contribution in [3.63, 3.8) is 0 Å². The third-order valence-corrected chi connectivity index (χ3v) is 3.04. The van der Waals surface area contributed by atoms with E-state index < -0.39 is 0 Å². The molecule has 21 heavy (non-hydrogen) atoms. The van der Waals surface area contributed by atoms with Crippen LogP contribution in [0.2, 0.25) is 0 Å². The fraction of sp³-hybridized carbons (Fsp3) is 0.143. The molecule has 0 unspecified atom stereocenters. The minimum absolute atomic E-state index is 0.154. The maximum absolute atomic E-state index is 11.1. The molecule has 1 amide bonds. The van der Waals surface area contributed by atoms with Crippen LogP contribution in [0.25, 0.3) is 16.9 Å². The van der Waals surface area contributed by atoms with Crippen molar-refractivity contribution in [3.05, 3.63) is 36.4 Å². The van der Waals surface area contributed by atoms with Gasteiger partial charge < -0.3 is 15.5 Å². The molecule has 3 aromatic rings. The average Bonchev–Trinajstić information content (AvgIpc) is 2.82. The van der Waals surface area contributed by atoms with Crippen LogP contribution in [-0.4, -0.2) is 25.3 Å². The van der Waals surface area contributed by atoms with E-state index in [9.17, 15) is 4.79 Å². The normalized spacial score (nSPS) is 10.8. The molecule has 7 heteroatoms. The number of hydrogen-bond donors (Lipinski definition) is 2. The predicted octanol–water partition coefficient (Wildman–Crippen LogP) is 1.64. The zero-order chi connectivity index (χ0) is 15.0. The Kier molecular flexibility index (Phi) is 3.02. The summed E-state index contributed by atoms with van der Waals surface area (Å²) in [6.45, 7) is 3.26. The van der Waals surface area contributed by atoms with Gasteiger partial charge in [-0.25, -0.2) is 15.0 Å². The molecule has 106 valence electrons.